The Morgan fingerprint density at radius 1 is 1.29 bits per heavy atom. The molecule has 14 heavy (non-hydrogen) atoms. The zero-order chi connectivity index (χ0) is 9.54. The number of hydrogen-bond acceptors (Lipinski definition) is 1. The van der Waals surface area contributed by atoms with E-state index < -0.39 is 0 Å². The molecule has 1 aromatic carbocycles. The van der Waals surface area contributed by atoms with Crippen LogP contribution in [0.25, 0.3) is 10.7 Å². The van der Waals surface area contributed by atoms with Crippen LogP contribution in [-0.2, 0) is 6.42 Å². The van der Waals surface area contributed by atoms with Gasteiger partial charge in [0.1, 0.15) is 0 Å². The van der Waals surface area contributed by atoms with E-state index in [0.29, 0.717) is 0 Å². The molecule has 0 unspecified atom stereocenters. The van der Waals surface area contributed by atoms with Gasteiger partial charge in [-0.15, -0.1) is 0 Å². The number of ether oxygens (including phenoxy) is 1. The maximum absolute atomic E-state index is 5.65. The van der Waals surface area contributed by atoms with Crippen LogP contribution in [0.1, 0.15) is 11.1 Å². The van der Waals surface area contributed by atoms with Crippen molar-refractivity contribution in [1.29, 1.82) is 0 Å². The van der Waals surface area contributed by atoms with Crippen molar-refractivity contribution in [2.45, 2.75) is 13.3 Å². The number of aryl methyl sites for hydroxylation is 1. The van der Waals surface area contributed by atoms with Crippen LogP contribution in [0.5, 0.6) is 5.75 Å². The minimum atomic E-state index is 0.815. The van der Waals surface area contributed by atoms with Crippen molar-refractivity contribution in [2.75, 3.05) is 6.61 Å². The van der Waals surface area contributed by atoms with Gasteiger partial charge in [-0.2, -0.15) is 0 Å². The van der Waals surface area contributed by atoms with Gasteiger partial charge in [-0.05, 0) is 0 Å². The Bertz CT molecular complexity index is 495. The molecule has 1 aromatic heterocycles. The average Bonchev–Trinajstić information content (AvgIpc) is 2.24. The Morgan fingerprint density at radius 3 is 3.14 bits per heavy atom. The summed E-state index contributed by atoms with van der Waals surface area (Å²) in [6.07, 6.45) is 1.04. The molecule has 3 rings (SSSR count). The van der Waals surface area contributed by atoms with Gasteiger partial charge in [-0.1, -0.05) is 0 Å². The average molecular weight is 182 g/mol. The first-order valence-electron chi connectivity index (χ1n) is 5.00. The van der Waals surface area contributed by atoms with E-state index in [1.807, 2.05) is 0 Å². The van der Waals surface area contributed by atoms with Gasteiger partial charge in [0.2, 0.25) is 0 Å². The first-order chi connectivity index (χ1) is 6.86. The molecule has 2 heterocycles. The van der Waals surface area contributed by atoms with Crippen molar-refractivity contribution in [2.24, 2.45) is 0 Å². The molecule has 0 amide bonds. The molecule has 0 aliphatic carbocycles. The normalized spacial score (nSPS) is 13.8. The molecule has 1 aliphatic heterocycles. The standard InChI is InChI=1S/C12H11BO/c1-8-2-3-10-11-9(5-7-14-10)4-6-13-12(8)11/h2-4,6H,5,7H2,1H3. The van der Waals surface area contributed by atoms with Crippen LogP contribution in [0.15, 0.2) is 24.2 Å². The van der Waals surface area contributed by atoms with Crippen molar-refractivity contribution in [3.63, 3.8) is 0 Å². The van der Waals surface area contributed by atoms with E-state index in [-0.39, 0.29) is 0 Å². The molecule has 0 radical (unpaired) electrons. The van der Waals surface area contributed by atoms with Crippen LogP contribution in [0.3, 0.4) is 0 Å². The second kappa shape index (κ2) is 2.84. The van der Waals surface area contributed by atoms with Gasteiger partial charge < -0.3 is 0 Å². The summed E-state index contributed by atoms with van der Waals surface area (Å²) in [6, 6.07) is 6.42. The van der Waals surface area contributed by atoms with Gasteiger partial charge in [0.15, 0.2) is 0 Å². The number of hydrogen-bond donors (Lipinski definition) is 0. The summed E-state index contributed by atoms with van der Waals surface area (Å²) in [5.74, 6) is 3.19. The van der Waals surface area contributed by atoms with Crippen LogP contribution >= 0.6 is 0 Å². The molecule has 1 nitrogen and oxygen atoms in total. The summed E-state index contributed by atoms with van der Waals surface area (Å²) >= 11 is 0. The number of benzene rings is 1. The predicted octanol–water partition coefficient (Wildman–Crippen LogP) is 2.42. The Labute approximate surface area is 83.9 Å². The van der Waals surface area contributed by atoms with Gasteiger partial charge in [0.05, 0.1) is 0 Å². The van der Waals surface area contributed by atoms with Crippen molar-refractivity contribution in [3.05, 3.63) is 35.3 Å². The molecule has 0 N–H and O–H groups in total. The second-order valence-electron chi connectivity index (χ2n) is 3.82. The molecular weight excluding hydrogens is 171 g/mol. The molecule has 2 aromatic rings. The molecule has 0 atom stereocenters. The van der Waals surface area contributed by atoms with Crippen LogP contribution in [0.4, 0.5) is 0 Å². The quantitative estimate of drug-likeness (QED) is 0.607. The first-order valence-corrected chi connectivity index (χ1v) is 5.00. The van der Waals surface area contributed by atoms with Crippen LogP contribution in [0.2, 0.25) is 0 Å². The van der Waals surface area contributed by atoms with Gasteiger partial charge in [0, 0.05) is 0 Å². The number of rotatable bonds is 0. The van der Waals surface area contributed by atoms with E-state index in [0.717, 1.165) is 18.8 Å². The maximum atomic E-state index is 5.65. The van der Waals surface area contributed by atoms with Crippen molar-refractivity contribution in [1.82, 2.24) is 0 Å². The van der Waals surface area contributed by atoms with Crippen molar-refractivity contribution >= 4 is 17.6 Å². The Balaban J connectivity index is 2.51. The Kier molecular flexibility index (Phi) is 1.63. The zero-order valence-electron chi connectivity index (χ0n) is 8.21. The van der Waals surface area contributed by atoms with E-state index >= 15 is 0 Å². The third kappa shape index (κ3) is 1.00. The Hall–Kier alpha value is -1.31. The fourth-order valence-electron chi connectivity index (χ4n) is 2.19. The van der Waals surface area contributed by atoms with Gasteiger partial charge in [-0.3, -0.25) is 0 Å². The van der Waals surface area contributed by atoms with Crippen molar-refractivity contribution < 1.29 is 4.74 Å². The third-order valence-electron chi connectivity index (χ3n) is 2.94. The van der Waals surface area contributed by atoms with E-state index in [9.17, 15) is 0 Å². The van der Waals surface area contributed by atoms with Crippen LogP contribution in [0, 0.1) is 6.92 Å². The summed E-state index contributed by atoms with van der Waals surface area (Å²) in [5.41, 5.74) is 2.75. The minimum absolute atomic E-state index is 0.815. The van der Waals surface area contributed by atoms with E-state index in [1.165, 1.54) is 21.8 Å². The fourth-order valence-corrected chi connectivity index (χ4v) is 2.19. The summed E-state index contributed by atoms with van der Waals surface area (Å²) < 4.78 is 5.65. The van der Waals surface area contributed by atoms with Gasteiger partial charge in [-0.25, -0.2) is 0 Å². The molecule has 0 spiro atoms. The SMILES string of the molecule is Cc1ccc2c3c(ccbc13)CCO2. The summed E-state index contributed by atoms with van der Waals surface area (Å²) in [6.45, 7) is 5.14. The molecule has 68 valence electrons. The predicted molar refractivity (Wildman–Crippen MR) is 59.2 cm³/mol. The third-order valence-corrected chi connectivity index (χ3v) is 2.94. The Morgan fingerprint density at radius 2 is 2.21 bits per heavy atom. The van der Waals surface area contributed by atoms with E-state index in [1.54, 1.807) is 0 Å². The summed E-state index contributed by atoms with van der Waals surface area (Å²) in [7, 11) is 0. The monoisotopic (exact) mass is 182 g/mol. The molecule has 0 fully saturated rings. The van der Waals surface area contributed by atoms with Crippen LogP contribution < -0.4 is 4.74 Å². The van der Waals surface area contributed by atoms with Crippen LogP contribution in [-0.4, -0.2) is 13.5 Å². The van der Waals surface area contributed by atoms with E-state index in [2.05, 4.69) is 38.0 Å². The second-order valence-corrected chi connectivity index (χ2v) is 3.82. The fraction of sp³-hybridized carbons (Fsp3) is 0.250. The molecule has 1 aliphatic rings. The summed E-state index contributed by atoms with van der Waals surface area (Å²) in [4.78, 5) is 0. The molecule has 0 saturated carbocycles. The van der Waals surface area contributed by atoms with Gasteiger partial charge >= 0.3 is 83.3 Å². The zero-order valence-corrected chi connectivity index (χ0v) is 8.21. The molecular formula is C12H11BO. The molecule has 2 heteroatoms. The van der Waals surface area contributed by atoms with E-state index in [4.69, 9.17) is 4.74 Å². The topological polar surface area (TPSA) is 9.23 Å². The van der Waals surface area contributed by atoms with Crippen molar-refractivity contribution in [3.8, 4) is 5.75 Å². The summed E-state index contributed by atoms with van der Waals surface area (Å²) in [5, 5.41) is 2.65. The molecule has 0 saturated heterocycles. The molecule has 0 bridgehead atoms. The first kappa shape index (κ1) is 8.04. The van der Waals surface area contributed by atoms with Gasteiger partial charge in [0.25, 0.3) is 0 Å².